The maximum Gasteiger partial charge on any atom is 0.245 e. The van der Waals surface area contributed by atoms with Gasteiger partial charge in [0.2, 0.25) is 17.8 Å². The van der Waals surface area contributed by atoms with Crippen LogP contribution in [0.3, 0.4) is 0 Å². The molecule has 4 saturated heterocycles. The van der Waals surface area contributed by atoms with Gasteiger partial charge in [-0.25, -0.2) is 23.4 Å². The molecule has 6 aliphatic rings. The number of piperidine rings is 1. The predicted molar refractivity (Wildman–Crippen MR) is 207 cm³/mol. The molecule has 17 heteroatoms. The molecule has 15 nitrogen and oxygen atoms in total. The fourth-order valence-corrected chi connectivity index (χ4v) is 9.31. The van der Waals surface area contributed by atoms with Crippen molar-refractivity contribution in [2.24, 2.45) is 0 Å². The van der Waals surface area contributed by atoms with E-state index in [1.807, 2.05) is 52.9 Å². The topological polar surface area (TPSA) is 146 Å². The summed E-state index contributed by atoms with van der Waals surface area (Å²) in [7, 11) is 1.82. The molecule has 0 radical (unpaired) electrons. The van der Waals surface area contributed by atoms with Crippen LogP contribution in [0.15, 0.2) is 54.9 Å². The third-order valence-electron chi connectivity index (χ3n) is 12.3. The second-order valence-electron chi connectivity index (χ2n) is 15.9. The van der Waals surface area contributed by atoms with Crippen molar-refractivity contribution in [1.82, 2.24) is 49.1 Å². The summed E-state index contributed by atoms with van der Waals surface area (Å²) in [5.41, 5.74) is 3.50. The number of likely N-dealkylation sites (N-methyl/N-ethyl adjacent to an activating group) is 1. The van der Waals surface area contributed by atoms with Crippen molar-refractivity contribution in [1.29, 1.82) is 0 Å². The van der Waals surface area contributed by atoms with Crippen LogP contribution in [-0.2, 0) is 16.1 Å². The number of rotatable bonds is 4. The molecule has 12 rings (SSSR count). The lowest BCUT2D eigenvalue weighted by Gasteiger charge is -2.55. The number of carbonyl (C=O) groups excluding carboxylic acids is 2. The molecule has 10 heterocycles. The molecule has 0 unspecified atom stereocenters. The lowest BCUT2D eigenvalue weighted by Crippen LogP contribution is -2.72. The number of benzene rings is 1. The maximum atomic E-state index is 15.4. The zero-order valence-electron chi connectivity index (χ0n) is 31.4. The zero-order valence-corrected chi connectivity index (χ0v) is 31.4. The molecule has 6 bridgehead atoms. The second-order valence-corrected chi connectivity index (χ2v) is 15.9. The highest BCUT2D eigenvalue weighted by molar-refractivity contribution is 5.95. The van der Waals surface area contributed by atoms with Crippen LogP contribution in [0.1, 0.15) is 37.9 Å². The average molecular weight is 772 g/mol. The van der Waals surface area contributed by atoms with Gasteiger partial charge in [0.15, 0.2) is 11.5 Å². The minimum absolute atomic E-state index is 0.0176. The van der Waals surface area contributed by atoms with Crippen LogP contribution >= 0.6 is 0 Å². The molecule has 57 heavy (non-hydrogen) atoms. The summed E-state index contributed by atoms with van der Waals surface area (Å²) in [6.07, 6.45) is 7.17. The minimum Gasteiger partial charge on any atom is -0.365 e. The number of carbonyl (C=O) groups is 2. The number of nitrogens with zero attached hydrogens (tertiary/aromatic N) is 12. The van der Waals surface area contributed by atoms with Crippen LogP contribution in [0.25, 0.3) is 39.1 Å². The van der Waals surface area contributed by atoms with Crippen LogP contribution in [0, 0.1) is 18.6 Å². The average Bonchev–Trinajstić information content (AvgIpc) is 3.69. The van der Waals surface area contributed by atoms with E-state index in [1.165, 1.54) is 16.8 Å². The van der Waals surface area contributed by atoms with Gasteiger partial charge in [-0.15, -0.1) is 0 Å². The van der Waals surface area contributed by atoms with Gasteiger partial charge in [0.1, 0.15) is 46.7 Å². The highest BCUT2D eigenvalue weighted by Crippen LogP contribution is 2.43. The number of fused-ring (bicyclic) bond motifs is 8. The van der Waals surface area contributed by atoms with E-state index in [4.69, 9.17) is 24.9 Å². The third-order valence-corrected chi connectivity index (χ3v) is 12.3. The van der Waals surface area contributed by atoms with Crippen LogP contribution < -0.4 is 15.1 Å². The molecule has 5 aliphatic heterocycles. The number of hydrogen-bond donors (Lipinski definition) is 1. The molecular weight excluding hydrogens is 733 g/mol. The summed E-state index contributed by atoms with van der Waals surface area (Å²) in [4.78, 5) is 60.7. The molecule has 5 aromatic heterocycles. The van der Waals surface area contributed by atoms with E-state index in [0.717, 1.165) is 41.5 Å². The molecule has 2 amide bonds. The Morgan fingerprint density at radius 3 is 2.58 bits per heavy atom. The lowest BCUT2D eigenvalue weighted by molar-refractivity contribution is -0.140. The summed E-state index contributed by atoms with van der Waals surface area (Å²) < 4.78 is 32.9. The quantitative estimate of drug-likeness (QED) is 0.277. The standard InChI is InChI=1S/C40H39F2N13O2/c1-21-45-29-11-12-43-34-28-5-3-6-33(47-28)46-23-16-31(38(56)50(2)13-4-14-51(21)35(29)34)53(19-23)36-26-18-44-55(30-10-7-22(41)15-27(30)42)37(26)49-40(48-36)54-25-17-32(54)39(57)52(20-25)24-8-9-24/h3,5-7,10-12,15,18,23-25,31-32H,4,8-9,13-14,16-17,19-20H2,1-2H3,(H,46,47)/t23-,25+,31-,32-/m0/s1. The van der Waals surface area contributed by atoms with E-state index in [0.29, 0.717) is 80.1 Å². The van der Waals surface area contributed by atoms with Crippen molar-refractivity contribution < 1.29 is 18.4 Å². The molecule has 290 valence electrons. The molecule has 1 N–H and O–H groups in total. The van der Waals surface area contributed by atoms with Gasteiger partial charge in [-0.3, -0.25) is 14.6 Å². The number of piperazine rings is 1. The highest BCUT2D eigenvalue weighted by atomic mass is 19.1. The van der Waals surface area contributed by atoms with Crippen LogP contribution in [0.2, 0.25) is 0 Å². The Kier molecular flexibility index (Phi) is 7.54. The molecule has 5 fully saturated rings. The number of hydrogen-bond acceptors (Lipinski definition) is 11. The first-order chi connectivity index (χ1) is 27.7. The third kappa shape index (κ3) is 5.41. The Hall–Kier alpha value is -6.26. The second kappa shape index (κ2) is 12.6. The molecule has 6 aromatic rings. The van der Waals surface area contributed by atoms with Gasteiger partial charge in [0.25, 0.3) is 0 Å². The molecule has 0 spiro atoms. The van der Waals surface area contributed by atoms with Crippen molar-refractivity contribution in [2.45, 2.75) is 75.8 Å². The van der Waals surface area contributed by atoms with Crippen molar-refractivity contribution in [3.8, 4) is 17.1 Å². The Labute approximate surface area is 325 Å². The number of pyridine rings is 2. The van der Waals surface area contributed by atoms with Gasteiger partial charge in [-0.2, -0.15) is 15.1 Å². The number of amides is 2. The zero-order chi connectivity index (χ0) is 38.7. The maximum absolute atomic E-state index is 15.4. The Balaban J connectivity index is 1.02. The predicted octanol–water partition coefficient (Wildman–Crippen LogP) is 4.08. The first kappa shape index (κ1) is 34.0. The monoisotopic (exact) mass is 771 g/mol. The molecule has 1 aromatic carbocycles. The van der Waals surface area contributed by atoms with Gasteiger partial charge in [0, 0.05) is 57.6 Å². The van der Waals surface area contributed by atoms with Gasteiger partial charge >= 0.3 is 0 Å². The molecular formula is C40H39F2N13O2. The summed E-state index contributed by atoms with van der Waals surface area (Å²) >= 11 is 0. The van der Waals surface area contributed by atoms with E-state index in [1.54, 1.807) is 17.3 Å². The smallest absolute Gasteiger partial charge is 0.245 e. The Bertz CT molecular complexity index is 2640. The van der Waals surface area contributed by atoms with E-state index >= 15 is 4.39 Å². The SMILES string of the molecule is Cc1nc2ccnc3c2n1CCCN(C)C(=O)[C@@H]1C[C@@H](CN1c1nc(N2[C@@H]4C[C@H]2C(=O)N(C2CC2)C4)nc2c1cnn2-c1ccc(F)cc1F)Nc1cccc-3n1. The number of nitrogens with one attached hydrogen (secondary N) is 1. The molecule has 4 atom stereocenters. The van der Waals surface area contributed by atoms with Crippen molar-refractivity contribution in [2.75, 3.05) is 41.8 Å². The number of imidazole rings is 1. The summed E-state index contributed by atoms with van der Waals surface area (Å²) in [5, 5.41) is 8.66. The van der Waals surface area contributed by atoms with Gasteiger partial charge in [0.05, 0.1) is 34.4 Å². The number of aryl methyl sites for hydroxylation is 2. The summed E-state index contributed by atoms with van der Waals surface area (Å²) in [6.45, 7) is 4.05. The first-order valence-corrected chi connectivity index (χ1v) is 19.6. The molecule has 1 aliphatic carbocycles. The van der Waals surface area contributed by atoms with E-state index < -0.39 is 23.7 Å². The van der Waals surface area contributed by atoms with Crippen LogP contribution in [0.4, 0.5) is 26.4 Å². The lowest BCUT2D eigenvalue weighted by atomic mass is 9.87. The van der Waals surface area contributed by atoms with Gasteiger partial charge in [-0.1, -0.05) is 6.07 Å². The van der Waals surface area contributed by atoms with E-state index in [9.17, 15) is 14.0 Å². The van der Waals surface area contributed by atoms with Gasteiger partial charge in [-0.05, 0) is 69.4 Å². The summed E-state index contributed by atoms with van der Waals surface area (Å²) in [5.74, 6) is 0.733. The minimum atomic E-state index is -0.801. The largest absolute Gasteiger partial charge is 0.365 e. The fraction of sp³-hybridized carbons (Fsp3) is 0.400. The Morgan fingerprint density at radius 1 is 0.877 bits per heavy atom. The Morgan fingerprint density at radius 2 is 1.75 bits per heavy atom. The number of halogens is 2. The number of anilines is 3. The van der Waals surface area contributed by atoms with Crippen molar-refractivity contribution in [3.63, 3.8) is 0 Å². The van der Waals surface area contributed by atoms with E-state index in [2.05, 4.69) is 15.0 Å². The van der Waals surface area contributed by atoms with Crippen molar-refractivity contribution >= 4 is 51.5 Å². The fourth-order valence-electron chi connectivity index (χ4n) is 9.31. The van der Waals surface area contributed by atoms with Crippen LogP contribution in [0.5, 0.6) is 0 Å². The number of aromatic nitrogens is 8. The first-order valence-electron chi connectivity index (χ1n) is 19.6. The summed E-state index contributed by atoms with van der Waals surface area (Å²) in [6, 6.07) is 10.0. The van der Waals surface area contributed by atoms with Crippen LogP contribution in [-0.4, -0.2) is 118 Å². The normalized spacial score (nSPS) is 23.5. The molecule has 1 saturated carbocycles. The van der Waals surface area contributed by atoms with Crippen molar-refractivity contribution in [3.05, 3.63) is 72.3 Å². The van der Waals surface area contributed by atoms with Gasteiger partial charge < -0.3 is 29.5 Å². The van der Waals surface area contributed by atoms with E-state index in [-0.39, 0.29) is 35.2 Å². The highest BCUT2D eigenvalue weighted by Gasteiger charge is 2.54.